The van der Waals surface area contributed by atoms with Crippen LogP contribution in [0.3, 0.4) is 0 Å². The van der Waals surface area contributed by atoms with Gasteiger partial charge in [0.1, 0.15) is 5.82 Å². The highest BCUT2D eigenvalue weighted by atomic mass is 16.5. The number of nitrogens with zero attached hydrogens (tertiary/aromatic N) is 3. The van der Waals surface area contributed by atoms with Crippen molar-refractivity contribution in [3.8, 4) is 0 Å². The van der Waals surface area contributed by atoms with Crippen molar-refractivity contribution >= 4 is 11.7 Å². The average Bonchev–Trinajstić information content (AvgIpc) is 2.59. The smallest absolute Gasteiger partial charge is 0.237 e. The van der Waals surface area contributed by atoms with E-state index in [1.54, 1.807) is 7.11 Å². The molecule has 1 aliphatic heterocycles. The summed E-state index contributed by atoms with van der Waals surface area (Å²) in [5.74, 6) is 1.12. The Morgan fingerprint density at radius 3 is 2.70 bits per heavy atom. The third-order valence-electron chi connectivity index (χ3n) is 4.29. The zero-order valence-corrected chi connectivity index (χ0v) is 14.4. The van der Waals surface area contributed by atoms with Crippen molar-refractivity contribution in [2.45, 2.75) is 26.3 Å². The minimum atomic E-state index is -0.0920. The van der Waals surface area contributed by atoms with E-state index in [0.717, 1.165) is 38.4 Å². The largest absolute Gasteiger partial charge is 0.385 e. The Kier molecular flexibility index (Phi) is 6.80. The number of aryl methyl sites for hydroxylation is 1. The lowest BCUT2D eigenvalue weighted by molar-refractivity contribution is -0.126. The molecule has 1 amide bonds. The van der Waals surface area contributed by atoms with Crippen molar-refractivity contribution in [2.75, 3.05) is 51.3 Å². The highest BCUT2D eigenvalue weighted by molar-refractivity contribution is 5.81. The summed E-state index contributed by atoms with van der Waals surface area (Å²) in [5, 5.41) is 2.98. The van der Waals surface area contributed by atoms with Gasteiger partial charge in [0.05, 0.1) is 6.04 Å². The number of methoxy groups -OCH3 is 1. The molecule has 1 aromatic rings. The molecule has 2 heterocycles. The number of ether oxygens (including phenoxy) is 1. The molecule has 0 saturated carbocycles. The maximum absolute atomic E-state index is 12.2. The normalized spacial score (nSPS) is 17.1. The number of carbonyl (C=O) groups is 1. The summed E-state index contributed by atoms with van der Waals surface area (Å²) >= 11 is 0. The third kappa shape index (κ3) is 5.18. The molecule has 128 valence electrons. The topological polar surface area (TPSA) is 57.7 Å². The Morgan fingerprint density at radius 2 is 2.09 bits per heavy atom. The molecule has 1 aliphatic rings. The van der Waals surface area contributed by atoms with Crippen molar-refractivity contribution in [3.05, 3.63) is 23.9 Å². The molecule has 1 aromatic heterocycles. The lowest BCUT2D eigenvalue weighted by atomic mass is 10.2. The van der Waals surface area contributed by atoms with Crippen molar-refractivity contribution in [1.29, 1.82) is 0 Å². The number of carbonyl (C=O) groups excluding carboxylic acids is 1. The first-order valence-corrected chi connectivity index (χ1v) is 8.30. The van der Waals surface area contributed by atoms with E-state index in [2.05, 4.69) is 32.2 Å². The summed E-state index contributed by atoms with van der Waals surface area (Å²) in [7, 11) is 1.67. The zero-order valence-electron chi connectivity index (χ0n) is 14.4. The summed E-state index contributed by atoms with van der Waals surface area (Å²) < 4.78 is 4.99. The first kappa shape index (κ1) is 17.7. The zero-order chi connectivity index (χ0) is 16.7. The first-order chi connectivity index (χ1) is 11.1. The first-order valence-electron chi connectivity index (χ1n) is 8.30. The summed E-state index contributed by atoms with van der Waals surface area (Å²) in [6.45, 7) is 8.92. The molecule has 23 heavy (non-hydrogen) atoms. The van der Waals surface area contributed by atoms with E-state index >= 15 is 0 Å². The maximum Gasteiger partial charge on any atom is 0.237 e. The summed E-state index contributed by atoms with van der Waals surface area (Å²) in [6, 6.07) is 4.06. The van der Waals surface area contributed by atoms with Crippen LogP contribution in [0.4, 0.5) is 5.82 Å². The van der Waals surface area contributed by atoms with Crippen LogP contribution in [0.15, 0.2) is 18.3 Å². The predicted octanol–water partition coefficient (Wildman–Crippen LogP) is 1.05. The van der Waals surface area contributed by atoms with Gasteiger partial charge in [-0.2, -0.15) is 0 Å². The van der Waals surface area contributed by atoms with E-state index in [4.69, 9.17) is 4.74 Å². The average molecular weight is 320 g/mol. The second-order valence-electron chi connectivity index (χ2n) is 6.03. The lowest BCUT2D eigenvalue weighted by Crippen LogP contribution is -2.54. The second kappa shape index (κ2) is 8.84. The fraction of sp³-hybridized carbons (Fsp3) is 0.647. The second-order valence-corrected chi connectivity index (χ2v) is 6.03. The molecule has 0 radical (unpaired) electrons. The molecule has 6 heteroatoms. The standard InChI is InChI=1S/C17H28N4O2/c1-14-5-6-16(19-13-14)21-10-8-20(9-11-21)15(2)17(22)18-7-4-12-23-3/h5-6,13,15H,4,7-12H2,1-3H3,(H,18,22). The van der Waals surface area contributed by atoms with Crippen LogP contribution in [0.5, 0.6) is 0 Å². The van der Waals surface area contributed by atoms with Crippen LogP contribution in [0, 0.1) is 6.92 Å². The number of hydrogen-bond donors (Lipinski definition) is 1. The molecule has 6 nitrogen and oxygen atoms in total. The van der Waals surface area contributed by atoms with Gasteiger partial charge in [-0.05, 0) is 31.9 Å². The van der Waals surface area contributed by atoms with Crippen LogP contribution in [0.2, 0.25) is 0 Å². The molecular formula is C17H28N4O2. The van der Waals surface area contributed by atoms with Gasteiger partial charge in [0.25, 0.3) is 0 Å². The van der Waals surface area contributed by atoms with Crippen LogP contribution in [0.1, 0.15) is 18.9 Å². The molecular weight excluding hydrogens is 292 g/mol. The molecule has 1 saturated heterocycles. The predicted molar refractivity (Wildman–Crippen MR) is 91.7 cm³/mol. The number of amides is 1. The van der Waals surface area contributed by atoms with Crippen LogP contribution in [0.25, 0.3) is 0 Å². The van der Waals surface area contributed by atoms with Gasteiger partial charge < -0.3 is 15.0 Å². The Hall–Kier alpha value is -1.66. The van der Waals surface area contributed by atoms with E-state index in [-0.39, 0.29) is 11.9 Å². The fourth-order valence-corrected chi connectivity index (χ4v) is 2.73. The molecule has 0 spiro atoms. The Bertz CT molecular complexity index is 484. The van der Waals surface area contributed by atoms with Crippen LogP contribution in [-0.4, -0.2) is 68.3 Å². The summed E-state index contributed by atoms with van der Waals surface area (Å²) in [4.78, 5) is 21.2. The van der Waals surface area contributed by atoms with E-state index in [0.29, 0.717) is 13.2 Å². The third-order valence-corrected chi connectivity index (χ3v) is 4.29. The van der Waals surface area contributed by atoms with Crippen LogP contribution >= 0.6 is 0 Å². The number of hydrogen-bond acceptors (Lipinski definition) is 5. The van der Waals surface area contributed by atoms with Gasteiger partial charge >= 0.3 is 0 Å². The van der Waals surface area contributed by atoms with Gasteiger partial charge in [0.2, 0.25) is 5.91 Å². The van der Waals surface area contributed by atoms with E-state index < -0.39 is 0 Å². The maximum atomic E-state index is 12.2. The van der Waals surface area contributed by atoms with E-state index in [9.17, 15) is 4.79 Å². The minimum Gasteiger partial charge on any atom is -0.385 e. The minimum absolute atomic E-state index is 0.0920. The Morgan fingerprint density at radius 1 is 1.35 bits per heavy atom. The van der Waals surface area contributed by atoms with Crippen LogP contribution in [-0.2, 0) is 9.53 Å². The highest BCUT2D eigenvalue weighted by Crippen LogP contribution is 2.15. The fourth-order valence-electron chi connectivity index (χ4n) is 2.73. The lowest BCUT2D eigenvalue weighted by Gasteiger charge is -2.38. The van der Waals surface area contributed by atoms with Crippen molar-refractivity contribution in [2.24, 2.45) is 0 Å². The SMILES string of the molecule is COCCCNC(=O)C(C)N1CCN(c2ccc(C)cn2)CC1. The van der Waals surface area contributed by atoms with E-state index in [1.165, 1.54) is 5.56 Å². The number of aromatic nitrogens is 1. The molecule has 0 aliphatic carbocycles. The molecule has 1 fully saturated rings. The molecule has 2 rings (SSSR count). The van der Waals surface area contributed by atoms with Gasteiger partial charge in [-0.1, -0.05) is 6.07 Å². The van der Waals surface area contributed by atoms with Gasteiger partial charge in [-0.25, -0.2) is 4.98 Å². The number of piperazine rings is 1. The Balaban J connectivity index is 1.76. The van der Waals surface area contributed by atoms with Crippen molar-refractivity contribution < 1.29 is 9.53 Å². The molecule has 0 aromatic carbocycles. The number of rotatable bonds is 7. The quantitative estimate of drug-likeness (QED) is 0.761. The van der Waals surface area contributed by atoms with Crippen molar-refractivity contribution in [1.82, 2.24) is 15.2 Å². The monoisotopic (exact) mass is 320 g/mol. The van der Waals surface area contributed by atoms with Gasteiger partial charge in [-0.3, -0.25) is 9.69 Å². The Labute approximate surface area is 138 Å². The van der Waals surface area contributed by atoms with Gasteiger partial charge in [-0.15, -0.1) is 0 Å². The molecule has 1 unspecified atom stereocenters. The number of pyridine rings is 1. The molecule has 0 bridgehead atoms. The summed E-state index contributed by atoms with van der Waals surface area (Å²) in [5.41, 5.74) is 1.17. The van der Waals surface area contributed by atoms with Gasteiger partial charge in [0.15, 0.2) is 0 Å². The van der Waals surface area contributed by atoms with E-state index in [1.807, 2.05) is 20.0 Å². The van der Waals surface area contributed by atoms with Crippen LogP contribution < -0.4 is 10.2 Å². The van der Waals surface area contributed by atoms with Gasteiger partial charge in [0, 0.05) is 52.6 Å². The highest BCUT2D eigenvalue weighted by Gasteiger charge is 2.25. The number of anilines is 1. The summed E-state index contributed by atoms with van der Waals surface area (Å²) in [6.07, 6.45) is 2.75. The van der Waals surface area contributed by atoms with Crippen molar-refractivity contribution in [3.63, 3.8) is 0 Å². The number of nitrogens with one attached hydrogen (secondary N) is 1. The molecule has 1 atom stereocenters. The molecule has 1 N–H and O–H groups in total.